The van der Waals surface area contributed by atoms with Crippen LogP contribution >= 0.6 is 11.7 Å². The average molecular weight is 299 g/mol. The summed E-state index contributed by atoms with van der Waals surface area (Å²) in [6.45, 7) is 20.2. The number of fused-ring (bicyclic) bond motifs is 1. The quantitative estimate of drug-likeness (QED) is 0.587. The molecule has 0 spiro atoms. The van der Waals surface area contributed by atoms with Crippen LogP contribution in [0.5, 0.6) is 0 Å². The number of nitrogens with zero attached hydrogens (tertiary/aromatic N) is 2. The summed E-state index contributed by atoms with van der Waals surface area (Å²) in [5.74, 6) is 0. The highest BCUT2D eigenvalue weighted by Crippen LogP contribution is 2.20. The molecule has 0 unspecified atom stereocenters. The van der Waals surface area contributed by atoms with Crippen LogP contribution in [-0.4, -0.2) is 8.75 Å². The molecule has 0 saturated carbocycles. The molecule has 1 aromatic heterocycles. The van der Waals surface area contributed by atoms with E-state index in [0.717, 1.165) is 17.5 Å². The third kappa shape index (κ3) is 7.59. The lowest BCUT2D eigenvalue weighted by molar-refractivity contribution is 1.15. The first-order valence-corrected chi connectivity index (χ1v) is 8.76. The highest BCUT2D eigenvalue weighted by molar-refractivity contribution is 7.00. The number of rotatable bonds is 1. The van der Waals surface area contributed by atoms with E-state index in [2.05, 4.69) is 34.7 Å². The Morgan fingerprint density at radius 1 is 0.800 bits per heavy atom. The lowest BCUT2D eigenvalue weighted by Gasteiger charge is -1.98. The first-order valence-electron chi connectivity index (χ1n) is 8.03. The molecule has 118 valence electrons. The van der Waals surface area contributed by atoms with Gasteiger partial charge in [0, 0.05) is 0 Å². The molecule has 0 N–H and O–H groups in total. The molecule has 0 bridgehead atoms. The molecule has 1 aromatic carbocycles. The van der Waals surface area contributed by atoms with Gasteiger partial charge in [-0.1, -0.05) is 74.4 Å². The molecular formula is C17H34N2S. The Hall–Kier alpha value is -0.960. The van der Waals surface area contributed by atoms with Gasteiger partial charge in [0.1, 0.15) is 11.0 Å². The summed E-state index contributed by atoms with van der Waals surface area (Å²) in [6.07, 6.45) is 1.03. The zero-order chi connectivity index (χ0) is 16.6. The van der Waals surface area contributed by atoms with Crippen molar-refractivity contribution in [3.05, 3.63) is 23.3 Å². The topological polar surface area (TPSA) is 25.8 Å². The number of aryl methyl sites for hydroxylation is 2. The third-order valence-corrected chi connectivity index (χ3v) is 2.61. The van der Waals surface area contributed by atoms with Gasteiger partial charge >= 0.3 is 0 Å². The molecule has 0 aliphatic carbocycles. The molecule has 3 heteroatoms. The molecule has 0 amide bonds. The standard InChI is InChI=1S/C9H10N2S.4C2H6/c1-3-7-5-4-6(2)8-9(7)11-12-10-8;4*1-2/h4-5H,3H2,1-2H3;4*1-2H3. The highest BCUT2D eigenvalue weighted by Gasteiger charge is 2.05. The maximum atomic E-state index is 4.28. The monoisotopic (exact) mass is 298 g/mol. The van der Waals surface area contributed by atoms with Gasteiger partial charge in [-0.15, -0.1) is 0 Å². The Balaban J connectivity index is -0.000000314. The summed E-state index contributed by atoms with van der Waals surface area (Å²) >= 11 is 1.30. The SMILES string of the molecule is CC.CC.CC.CC.CCc1ccc(C)c2nsnc12. The minimum atomic E-state index is 1.03. The van der Waals surface area contributed by atoms with Gasteiger partial charge < -0.3 is 0 Å². The van der Waals surface area contributed by atoms with E-state index in [1.165, 1.54) is 22.9 Å². The predicted molar refractivity (Wildman–Crippen MR) is 96.9 cm³/mol. The fourth-order valence-electron chi connectivity index (χ4n) is 1.33. The first kappa shape index (κ1) is 24.1. The Kier molecular flexibility index (Phi) is 21.7. The van der Waals surface area contributed by atoms with Crippen molar-refractivity contribution in [1.82, 2.24) is 8.75 Å². The van der Waals surface area contributed by atoms with Crippen molar-refractivity contribution in [2.75, 3.05) is 0 Å². The van der Waals surface area contributed by atoms with E-state index in [1.807, 2.05) is 55.4 Å². The van der Waals surface area contributed by atoms with Crippen LogP contribution in [0.3, 0.4) is 0 Å². The first-order chi connectivity index (χ1) is 9.83. The molecular weight excluding hydrogens is 264 g/mol. The van der Waals surface area contributed by atoms with Crippen molar-refractivity contribution in [3.8, 4) is 0 Å². The van der Waals surface area contributed by atoms with E-state index in [0.29, 0.717) is 0 Å². The van der Waals surface area contributed by atoms with Gasteiger partial charge in [-0.05, 0) is 24.5 Å². The van der Waals surface area contributed by atoms with Crippen molar-refractivity contribution in [2.45, 2.75) is 75.7 Å². The lowest BCUT2D eigenvalue weighted by Crippen LogP contribution is -1.84. The molecule has 0 atom stereocenters. The second kappa shape index (κ2) is 18.0. The molecule has 0 radical (unpaired) electrons. The van der Waals surface area contributed by atoms with Crippen LogP contribution in [0.4, 0.5) is 0 Å². The van der Waals surface area contributed by atoms with Crippen LogP contribution < -0.4 is 0 Å². The zero-order valence-corrected chi connectivity index (χ0v) is 16.0. The summed E-state index contributed by atoms with van der Waals surface area (Å²) in [5, 5.41) is 0. The second-order valence-electron chi connectivity index (χ2n) is 2.86. The van der Waals surface area contributed by atoms with Crippen LogP contribution in [-0.2, 0) is 6.42 Å². The van der Waals surface area contributed by atoms with Gasteiger partial charge in [-0.25, -0.2) is 0 Å². The molecule has 0 aliphatic heterocycles. The summed E-state index contributed by atoms with van der Waals surface area (Å²) in [7, 11) is 0. The van der Waals surface area contributed by atoms with Gasteiger partial charge in [-0.2, -0.15) is 8.75 Å². The van der Waals surface area contributed by atoms with Crippen molar-refractivity contribution in [1.29, 1.82) is 0 Å². The van der Waals surface area contributed by atoms with Crippen molar-refractivity contribution in [2.24, 2.45) is 0 Å². The molecule has 0 saturated heterocycles. The number of hydrogen-bond donors (Lipinski definition) is 0. The molecule has 0 fully saturated rings. The maximum Gasteiger partial charge on any atom is 0.108 e. The van der Waals surface area contributed by atoms with Gasteiger partial charge in [-0.3, -0.25) is 0 Å². The van der Waals surface area contributed by atoms with E-state index in [9.17, 15) is 0 Å². The highest BCUT2D eigenvalue weighted by atomic mass is 32.1. The van der Waals surface area contributed by atoms with E-state index >= 15 is 0 Å². The average Bonchev–Trinajstić information content (AvgIpc) is 3.06. The van der Waals surface area contributed by atoms with Crippen molar-refractivity contribution >= 4 is 22.8 Å². The van der Waals surface area contributed by atoms with E-state index in [1.54, 1.807) is 0 Å². The molecule has 2 aromatic rings. The molecule has 2 rings (SSSR count). The van der Waals surface area contributed by atoms with Crippen LogP contribution in [0.15, 0.2) is 12.1 Å². The van der Waals surface area contributed by atoms with Gasteiger partial charge in [0.25, 0.3) is 0 Å². The van der Waals surface area contributed by atoms with Crippen molar-refractivity contribution in [3.63, 3.8) is 0 Å². The number of benzene rings is 1. The normalized spacial score (nSPS) is 7.70. The van der Waals surface area contributed by atoms with Gasteiger partial charge in [0.05, 0.1) is 11.7 Å². The van der Waals surface area contributed by atoms with Crippen molar-refractivity contribution < 1.29 is 0 Å². The van der Waals surface area contributed by atoms with E-state index < -0.39 is 0 Å². The largest absolute Gasteiger partial charge is 0.173 e. The lowest BCUT2D eigenvalue weighted by atomic mass is 10.1. The zero-order valence-electron chi connectivity index (χ0n) is 15.2. The Bertz CT molecular complexity index is 408. The number of hydrogen-bond acceptors (Lipinski definition) is 3. The van der Waals surface area contributed by atoms with Crippen LogP contribution in [0.1, 0.15) is 73.4 Å². The summed E-state index contributed by atoms with van der Waals surface area (Å²) < 4.78 is 8.54. The summed E-state index contributed by atoms with van der Waals surface area (Å²) in [4.78, 5) is 0. The van der Waals surface area contributed by atoms with Crippen LogP contribution in [0.25, 0.3) is 11.0 Å². The fraction of sp³-hybridized carbons (Fsp3) is 0.647. The minimum absolute atomic E-state index is 1.03. The van der Waals surface area contributed by atoms with Crippen LogP contribution in [0.2, 0.25) is 0 Å². The van der Waals surface area contributed by atoms with Gasteiger partial charge in [0.15, 0.2) is 0 Å². The Morgan fingerprint density at radius 2 is 1.25 bits per heavy atom. The molecule has 0 aliphatic rings. The summed E-state index contributed by atoms with van der Waals surface area (Å²) in [5.41, 5.74) is 4.67. The third-order valence-electron chi connectivity index (χ3n) is 2.08. The van der Waals surface area contributed by atoms with E-state index in [4.69, 9.17) is 0 Å². The summed E-state index contributed by atoms with van der Waals surface area (Å²) in [6, 6.07) is 4.25. The molecule has 2 nitrogen and oxygen atoms in total. The van der Waals surface area contributed by atoms with E-state index in [-0.39, 0.29) is 0 Å². The number of aromatic nitrogens is 2. The second-order valence-corrected chi connectivity index (χ2v) is 3.39. The van der Waals surface area contributed by atoms with Crippen LogP contribution in [0, 0.1) is 6.92 Å². The fourth-order valence-corrected chi connectivity index (χ4v) is 1.97. The van der Waals surface area contributed by atoms with Gasteiger partial charge in [0.2, 0.25) is 0 Å². The molecule has 20 heavy (non-hydrogen) atoms. The maximum absolute atomic E-state index is 4.28. The minimum Gasteiger partial charge on any atom is -0.173 e. The smallest absolute Gasteiger partial charge is 0.108 e. The Morgan fingerprint density at radius 3 is 1.70 bits per heavy atom. The Labute approximate surface area is 131 Å². The molecule has 1 heterocycles. The predicted octanol–water partition coefficient (Wildman–Crippen LogP) is 6.67.